The van der Waals surface area contributed by atoms with Gasteiger partial charge >= 0.3 is 0 Å². The van der Waals surface area contributed by atoms with Crippen LogP contribution in [0.1, 0.15) is 32.1 Å². The van der Waals surface area contributed by atoms with Crippen LogP contribution in [0.4, 0.5) is 11.8 Å². The SMILES string of the molecule is COC1(CNc2nccc(NC3CCCOC3)n2)CCC1. The highest BCUT2D eigenvalue weighted by Crippen LogP contribution is 2.34. The molecule has 2 aliphatic rings. The molecule has 3 rings (SSSR count). The van der Waals surface area contributed by atoms with E-state index in [2.05, 4.69) is 20.6 Å². The Bertz CT molecular complexity index is 453. The minimum Gasteiger partial charge on any atom is -0.379 e. The summed E-state index contributed by atoms with van der Waals surface area (Å²) in [6, 6.07) is 2.24. The number of aromatic nitrogens is 2. The lowest BCUT2D eigenvalue weighted by Crippen LogP contribution is -2.45. The maximum absolute atomic E-state index is 5.60. The molecule has 0 bridgehead atoms. The molecule has 1 saturated heterocycles. The summed E-state index contributed by atoms with van der Waals surface area (Å²) in [6.45, 7) is 2.38. The van der Waals surface area contributed by atoms with Crippen LogP contribution in [-0.4, -0.2) is 48.5 Å². The average molecular weight is 292 g/mol. The number of anilines is 2. The quantitative estimate of drug-likeness (QED) is 0.836. The molecule has 1 aliphatic carbocycles. The topological polar surface area (TPSA) is 68.3 Å². The van der Waals surface area contributed by atoms with Crippen LogP contribution in [0, 0.1) is 0 Å². The number of hydrogen-bond acceptors (Lipinski definition) is 6. The van der Waals surface area contributed by atoms with Crippen LogP contribution in [-0.2, 0) is 9.47 Å². The molecule has 2 fully saturated rings. The normalized spacial score (nSPS) is 24.1. The van der Waals surface area contributed by atoms with Crippen molar-refractivity contribution in [2.75, 3.05) is 37.5 Å². The number of ether oxygens (including phenoxy) is 2. The van der Waals surface area contributed by atoms with Crippen molar-refractivity contribution in [3.8, 4) is 0 Å². The molecule has 0 aromatic carbocycles. The standard InChI is InChI=1S/C15H24N4O2/c1-20-15(6-3-7-15)11-17-14-16-8-5-13(19-14)18-12-4-2-9-21-10-12/h5,8,12H,2-4,6-7,9-11H2,1H3,(H2,16,17,18,19). The maximum Gasteiger partial charge on any atom is 0.224 e. The number of rotatable bonds is 6. The second-order valence-corrected chi connectivity index (χ2v) is 5.92. The van der Waals surface area contributed by atoms with E-state index < -0.39 is 0 Å². The smallest absolute Gasteiger partial charge is 0.224 e. The number of hydrogen-bond donors (Lipinski definition) is 2. The molecule has 116 valence electrons. The van der Waals surface area contributed by atoms with Crippen molar-refractivity contribution < 1.29 is 9.47 Å². The van der Waals surface area contributed by atoms with Gasteiger partial charge < -0.3 is 20.1 Å². The molecule has 0 spiro atoms. The van der Waals surface area contributed by atoms with Crippen molar-refractivity contribution in [1.29, 1.82) is 0 Å². The fraction of sp³-hybridized carbons (Fsp3) is 0.733. The first-order chi connectivity index (χ1) is 10.3. The van der Waals surface area contributed by atoms with E-state index in [0.717, 1.165) is 51.3 Å². The molecule has 1 saturated carbocycles. The van der Waals surface area contributed by atoms with Gasteiger partial charge in [-0.15, -0.1) is 0 Å². The van der Waals surface area contributed by atoms with E-state index in [1.807, 2.05) is 6.07 Å². The Morgan fingerprint density at radius 3 is 3.00 bits per heavy atom. The molecule has 2 N–H and O–H groups in total. The van der Waals surface area contributed by atoms with Crippen molar-refractivity contribution >= 4 is 11.8 Å². The zero-order chi connectivity index (χ0) is 14.5. The van der Waals surface area contributed by atoms with Crippen molar-refractivity contribution in [2.24, 2.45) is 0 Å². The largest absolute Gasteiger partial charge is 0.379 e. The van der Waals surface area contributed by atoms with Crippen LogP contribution >= 0.6 is 0 Å². The summed E-state index contributed by atoms with van der Waals surface area (Å²) in [7, 11) is 1.78. The molecule has 6 nitrogen and oxygen atoms in total. The van der Waals surface area contributed by atoms with Crippen molar-refractivity contribution in [2.45, 2.75) is 43.7 Å². The van der Waals surface area contributed by atoms with Crippen LogP contribution in [0.25, 0.3) is 0 Å². The van der Waals surface area contributed by atoms with Gasteiger partial charge in [-0.3, -0.25) is 0 Å². The molecule has 0 radical (unpaired) electrons. The summed E-state index contributed by atoms with van der Waals surface area (Å²) < 4.78 is 11.1. The van der Waals surface area contributed by atoms with E-state index in [4.69, 9.17) is 9.47 Å². The molecule has 1 aromatic rings. The predicted molar refractivity (Wildman–Crippen MR) is 81.6 cm³/mol. The Kier molecular flexibility index (Phi) is 4.55. The van der Waals surface area contributed by atoms with Gasteiger partial charge in [0.05, 0.1) is 18.2 Å². The lowest BCUT2D eigenvalue weighted by Gasteiger charge is -2.40. The number of nitrogens with zero attached hydrogens (tertiary/aromatic N) is 2. The van der Waals surface area contributed by atoms with Crippen molar-refractivity contribution in [3.05, 3.63) is 12.3 Å². The minimum absolute atomic E-state index is 0.0238. The van der Waals surface area contributed by atoms with E-state index in [-0.39, 0.29) is 5.60 Å². The van der Waals surface area contributed by atoms with Gasteiger partial charge in [-0.05, 0) is 38.2 Å². The molecule has 0 amide bonds. The summed E-state index contributed by atoms with van der Waals surface area (Å²) in [5.41, 5.74) is -0.0238. The van der Waals surface area contributed by atoms with Crippen LogP contribution in [0.15, 0.2) is 12.3 Å². The third kappa shape index (κ3) is 3.63. The van der Waals surface area contributed by atoms with Gasteiger partial charge in [-0.25, -0.2) is 4.98 Å². The highest BCUT2D eigenvalue weighted by atomic mass is 16.5. The van der Waals surface area contributed by atoms with Gasteiger partial charge in [0.15, 0.2) is 0 Å². The number of nitrogens with one attached hydrogen (secondary N) is 2. The molecule has 21 heavy (non-hydrogen) atoms. The third-order valence-electron chi connectivity index (χ3n) is 4.43. The molecule has 1 aliphatic heterocycles. The highest BCUT2D eigenvalue weighted by molar-refractivity contribution is 5.40. The third-order valence-corrected chi connectivity index (χ3v) is 4.43. The Hall–Kier alpha value is -1.40. The van der Waals surface area contributed by atoms with E-state index >= 15 is 0 Å². The number of methoxy groups -OCH3 is 1. The molecule has 1 aromatic heterocycles. The fourth-order valence-electron chi connectivity index (χ4n) is 2.85. The first kappa shape index (κ1) is 14.5. The monoisotopic (exact) mass is 292 g/mol. The molecule has 6 heteroatoms. The van der Waals surface area contributed by atoms with Crippen LogP contribution in [0.3, 0.4) is 0 Å². The lowest BCUT2D eigenvalue weighted by atomic mass is 9.80. The fourth-order valence-corrected chi connectivity index (χ4v) is 2.85. The van der Waals surface area contributed by atoms with E-state index in [1.165, 1.54) is 6.42 Å². The second kappa shape index (κ2) is 6.58. The van der Waals surface area contributed by atoms with Crippen LogP contribution in [0.2, 0.25) is 0 Å². The Morgan fingerprint density at radius 2 is 2.33 bits per heavy atom. The minimum atomic E-state index is -0.0238. The first-order valence-electron chi connectivity index (χ1n) is 7.76. The average Bonchev–Trinajstić information content (AvgIpc) is 2.48. The van der Waals surface area contributed by atoms with Crippen molar-refractivity contribution in [1.82, 2.24) is 9.97 Å². The van der Waals surface area contributed by atoms with Crippen LogP contribution < -0.4 is 10.6 Å². The summed E-state index contributed by atoms with van der Waals surface area (Å²) in [5, 5.41) is 6.71. The zero-order valence-electron chi connectivity index (χ0n) is 12.6. The Balaban J connectivity index is 1.55. The predicted octanol–water partition coefficient (Wildman–Crippen LogP) is 2.05. The molecule has 1 unspecified atom stereocenters. The zero-order valence-corrected chi connectivity index (χ0v) is 12.6. The van der Waals surface area contributed by atoms with E-state index in [0.29, 0.717) is 12.0 Å². The molecule has 1 atom stereocenters. The maximum atomic E-state index is 5.60. The summed E-state index contributed by atoms with van der Waals surface area (Å²) in [4.78, 5) is 8.80. The van der Waals surface area contributed by atoms with Crippen molar-refractivity contribution in [3.63, 3.8) is 0 Å². The Morgan fingerprint density at radius 1 is 1.43 bits per heavy atom. The highest BCUT2D eigenvalue weighted by Gasteiger charge is 2.36. The van der Waals surface area contributed by atoms with Gasteiger partial charge in [-0.2, -0.15) is 4.98 Å². The van der Waals surface area contributed by atoms with Gasteiger partial charge in [0, 0.05) is 26.5 Å². The van der Waals surface area contributed by atoms with E-state index in [9.17, 15) is 0 Å². The molecule has 2 heterocycles. The summed E-state index contributed by atoms with van der Waals surface area (Å²) in [6.07, 6.45) is 7.45. The van der Waals surface area contributed by atoms with Gasteiger partial charge in [0.1, 0.15) is 5.82 Å². The summed E-state index contributed by atoms with van der Waals surface area (Å²) in [5.74, 6) is 1.50. The van der Waals surface area contributed by atoms with Crippen LogP contribution in [0.5, 0.6) is 0 Å². The molecular weight excluding hydrogens is 268 g/mol. The van der Waals surface area contributed by atoms with Gasteiger partial charge in [-0.1, -0.05) is 0 Å². The lowest BCUT2D eigenvalue weighted by molar-refractivity contribution is -0.0602. The first-order valence-corrected chi connectivity index (χ1v) is 7.76. The van der Waals surface area contributed by atoms with Gasteiger partial charge in [0.2, 0.25) is 5.95 Å². The second-order valence-electron chi connectivity index (χ2n) is 5.92. The van der Waals surface area contributed by atoms with E-state index in [1.54, 1.807) is 13.3 Å². The summed E-state index contributed by atoms with van der Waals surface area (Å²) >= 11 is 0. The molecular formula is C15H24N4O2. The Labute approximate surface area is 125 Å². The van der Waals surface area contributed by atoms with Gasteiger partial charge in [0.25, 0.3) is 0 Å².